The van der Waals surface area contributed by atoms with E-state index >= 15 is 0 Å². The molecule has 0 saturated carbocycles. The summed E-state index contributed by atoms with van der Waals surface area (Å²) in [7, 11) is 5.25. The number of carbonyl (C=O) groups excluding carboxylic acids is 4. The maximum Gasteiger partial charge on any atom is 0.324 e. The Kier molecular flexibility index (Phi) is 14.0. The third kappa shape index (κ3) is 9.75. The fourth-order valence-corrected chi connectivity index (χ4v) is 11.2. The van der Waals surface area contributed by atoms with Crippen LogP contribution in [0.1, 0.15) is 95.3 Å². The number of methoxy groups -OCH3 is 1. The van der Waals surface area contributed by atoms with Crippen LogP contribution < -0.4 is 10.7 Å². The average Bonchev–Trinajstić information content (AvgIpc) is 4.01. The molecule has 4 aliphatic rings. The number of esters is 1. The summed E-state index contributed by atoms with van der Waals surface area (Å²) in [6.45, 7) is 14.6. The number of fused-ring (bicyclic) bond motifs is 5. The molecular weight excluding hydrogens is 857 g/mol. The molecule has 4 aromatic rings. The lowest BCUT2D eigenvalue weighted by Gasteiger charge is -2.43. The number of nitrogens with zero attached hydrogens (tertiary/aromatic N) is 8. The number of aryl methyl sites for hydroxylation is 2. The number of cyclic esters (lactones) is 1. The molecule has 1 unspecified atom stereocenters. The highest BCUT2D eigenvalue weighted by Gasteiger charge is 2.41. The van der Waals surface area contributed by atoms with Crippen LogP contribution in [0, 0.1) is 17.3 Å². The van der Waals surface area contributed by atoms with Crippen LogP contribution >= 0.6 is 11.8 Å². The Labute approximate surface area is 392 Å². The van der Waals surface area contributed by atoms with E-state index in [4.69, 9.17) is 19.5 Å². The van der Waals surface area contributed by atoms with Gasteiger partial charge in [-0.05, 0) is 92.3 Å². The molecule has 0 radical (unpaired) electrons. The van der Waals surface area contributed by atoms with Gasteiger partial charge in [0.1, 0.15) is 18.1 Å². The Bertz CT molecular complexity index is 2490. The lowest BCUT2D eigenvalue weighted by atomic mass is 9.84. The monoisotopic (exact) mass is 922 g/mol. The maximum atomic E-state index is 14.6. The van der Waals surface area contributed by atoms with Gasteiger partial charge >= 0.3 is 12.0 Å². The summed E-state index contributed by atoms with van der Waals surface area (Å²) in [5.74, 6) is -0.498. The lowest BCUT2D eigenvalue weighted by Crippen LogP contribution is -2.63. The zero-order valence-corrected chi connectivity index (χ0v) is 40.7. The van der Waals surface area contributed by atoms with E-state index in [9.17, 15) is 19.2 Å². The molecule has 6 bridgehead atoms. The highest BCUT2D eigenvalue weighted by atomic mass is 32.2. The number of carbonyl (C=O) groups is 4. The Morgan fingerprint density at radius 3 is 2.65 bits per heavy atom. The molecule has 7 heterocycles. The summed E-state index contributed by atoms with van der Waals surface area (Å²) < 4.78 is 16.1. The Morgan fingerprint density at radius 1 is 1.15 bits per heavy atom. The number of benzene rings is 1. The van der Waals surface area contributed by atoms with Gasteiger partial charge < -0.3 is 29.2 Å². The third-order valence-electron chi connectivity index (χ3n) is 13.6. The molecule has 1 aromatic carbocycles. The van der Waals surface area contributed by atoms with Crippen LogP contribution in [-0.2, 0) is 50.3 Å². The largest absolute Gasteiger partial charge is 0.464 e. The van der Waals surface area contributed by atoms with E-state index < -0.39 is 35.4 Å². The van der Waals surface area contributed by atoms with Gasteiger partial charge in [0, 0.05) is 93.8 Å². The average molecular weight is 923 g/mol. The summed E-state index contributed by atoms with van der Waals surface area (Å²) in [5, 5.41) is 10.7. The first-order valence-electron chi connectivity index (χ1n) is 23.4. The fourth-order valence-electron chi connectivity index (χ4n) is 10.1. The molecule has 66 heavy (non-hydrogen) atoms. The number of aromatic nitrogens is 4. The first-order chi connectivity index (χ1) is 31.5. The first kappa shape index (κ1) is 47.2. The Morgan fingerprint density at radius 2 is 1.94 bits per heavy atom. The van der Waals surface area contributed by atoms with E-state index in [1.54, 1.807) is 41.7 Å². The van der Waals surface area contributed by atoms with Gasteiger partial charge in [-0.25, -0.2) is 10.2 Å². The van der Waals surface area contributed by atoms with E-state index in [1.807, 2.05) is 46.3 Å². The topological polar surface area (TPSA) is 169 Å². The van der Waals surface area contributed by atoms with E-state index in [1.165, 1.54) is 9.91 Å². The molecule has 0 aliphatic carbocycles. The van der Waals surface area contributed by atoms with Crippen molar-refractivity contribution in [3.8, 4) is 11.3 Å². The number of hydrogen-bond acceptors (Lipinski definition) is 11. The van der Waals surface area contributed by atoms with Crippen molar-refractivity contribution in [2.75, 3.05) is 46.2 Å². The summed E-state index contributed by atoms with van der Waals surface area (Å²) >= 11 is 1.59. The lowest BCUT2D eigenvalue weighted by molar-refractivity contribution is -0.155. The van der Waals surface area contributed by atoms with Gasteiger partial charge in [-0.2, -0.15) is 5.10 Å². The second-order valence-corrected chi connectivity index (χ2v) is 20.7. The minimum absolute atomic E-state index is 0.154. The molecule has 3 aromatic heterocycles. The van der Waals surface area contributed by atoms with Crippen molar-refractivity contribution >= 4 is 51.5 Å². The number of pyridine rings is 1. The fraction of sp³-hybridized carbons (Fsp3) is 0.571. The smallest absolute Gasteiger partial charge is 0.324 e. The van der Waals surface area contributed by atoms with Crippen molar-refractivity contribution in [3.05, 3.63) is 71.3 Å². The molecule has 4 amide bonds. The van der Waals surface area contributed by atoms with Crippen LogP contribution in [0.2, 0.25) is 0 Å². The summed E-state index contributed by atoms with van der Waals surface area (Å²) in [6, 6.07) is 7.64. The minimum atomic E-state index is -1.02. The first-order valence-corrected chi connectivity index (χ1v) is 24.4. The number of likely N-dealkylation sites (N-methyl/N-ethyl adjacent to an activating group) is 1. The van der Waals surface area contributed by atoms with Gasteiger partial charge in [0.15, 0.2) is 0 Å². The van der Waals surface area contributed by atoms with Gasteiger partial charge in [0.2, 0.25) is 5.91 Å². The predicted octanol–water partition coefficient (Wildman–Crippen LogP) is 6.10. The van der Waals surface area contributed by atoms with Crippen LogP contribution in [0.15, 0.2) is 53.9 Å². The van der Waals surface area contributed by atoms with Crippen molar-refractivity contribution in [2.45, 2.75) is 110 Å². The third-order valence-corrected chi connectivity index (χ3v) is 14.6. The van der Waals surface area contributed by atoms with Crippen LogP contribution in [0.3, 0.4) is 0 Å². The number of aliphatic imine (C=N–C) groups is 1. The molecule has 2 N–H and O–H groups in total. The van der Waals surface area contributed by atoms with Gasteiger partial charge in [-0.3, -0.25) is 34.1 Å². The highest BCUT2D eigenvalue weighted by Crippen LogP contribution is 2.43. The molecule has 5 atom stereocenters. The van der Waals surface area contributed by atoms with Crippen LogP contribution in [0.5, 0.6) is 0 Å². The predicted molar refractivity (Wildman–Crippen MR) is 256 cm³/mol. The second-order valence-electron chi connectivity index (χ2n) is 19.6. The second kappa shape index (κ2) is 19.5. The number of amides is 4. The molecule has 4 aliphatic heterocycles. The molecule has 17 heteroatoms. The van der Waals surface area contributed by atoms with E-state index in [0.29, 0.717) is 50.6 Å². The SMILES string of the molecule is CCn1c(-c2cccnc2[C@H](C)OC)c2c3cc(ccc31)C1CSC(=N1)C[C@H](NC(=O)[C@H](C(C)C)N(C)C(=O)N1CC(Cc3cnn(C)c3)C1)C(=O)N1CCC[C@H](N1)C(=O)OCC(C)(C)C2. The van der Waals surface area contributed by atoms with Crippen LogP contribution in [-0.4, -0.2) is 127 Å². The number of urea groups is 1. The standard InChI is InChI=1S/C49H66N10O6S/c1-10-58-40-16-15-33-20-35(40)36(44(58)34-13-11-17-50-42(34)30(4)64-9)22-49(5,6)28-65-47(62)37-14-12-18-59(54-37)46(61)38(21-41-52-39(33)27-66-41)53-45(60)43(29(2)3)56(8)48(63)57-25-32(26-57)19-31-23-51-55(7)24-31/h11,13,15-17,20,23-24,29-30,32,37-39,43,54H,10,12,14,18-19,21-22,25-28H2,1-9H3,(H,53,60)/t30-,37-,38-,39?,43-/m0/s1. The number of likely N-dealkylation sites (tertiary alicyclic amines) is 1. The Balaban J connectivity index is 1.11. The van der Waals surface area contributed by atoms with Gasteiger partial charge in [0.25, 0.3) is 5.91 Å². The molecule has 2 saturated heterocycles. The maximum absolute atomic E-state index is 14.6. The van der Waals surface area contributed by atoms with E-state index in [2.05, 4.69) is 65.4 Å². The van der Waals surface area contributed by atoms with Crippen molar-refractivity contribution in [1.29, 1.82) is 0 Å². The molecule has 2 fully saturated rings. The number of hydrazine groups is 1. The van der Waals surface area contributed by atoms with Gasteiger partial charge in [0.05, 0.1) is 41.4 Å². The zero-order valence-electron chi connectivity index (χ0n) is 39.9. The highest BCUT2D eigenvalue weighted by molar-refractivity contribution is 8.14. The van der Waals surface area contributed by atoms with Gasteiger partial charge in [-0.15, -0.1) is 11.8 Å². The quantitative estimate of drug-likeness (QED) is 0.178. The van der Waals surface area contributed by atoms with Crippen molar-refractivity contribution < 1.29 is 28.7 Å². The Hall–Kier alpha value is -5.26. The summed E-state index contributed by atoms with van der Waals surface area (Å²) in [5.41, 5.74) is 10.0. The molecule has 0 spiro atoms. The van der Waals surface area contributed by atoms with Crippen molar-refractivity contribution in [1.82, 2.24) is 44.9 Å². The minimum Gasteiger partial charge on any atom is -0.464 e. The van der Waals surface area contributed by atoms with Crippen molar-refractivity contribution in [3.63, 3.8) is 0 Å². The molecule has 354 valence electrons. The number of hydrogen-bond donors (Lipinski definition) is 2. The summed E-state index contributed by atoms with van der Waals surface area (Å²) in [6.07, 6.45) is 8.06. The van der Waals surface area contributed by atoms with E-state index in [-0.39, 0.29) is 43.0 Å². The molecule has 16 nitrogen and oxygen atoms in total. The molecular formula is C49H66N10O6S. The normalized spacial score (nSPS) is 22.4. The number of ether oxygens (including phenoxy) is 2. The number of thioether (sulfide) groups is 1. The van der Waals surface area contributed by atoms with Crippen LogP contribution in [0.25, 0.3) is 22.2 Å². The number of rotatable bonds is 10. The zero-order chi connectivity index (χ0) is 47.0. The molecule has 8 rings (SSSR count). The van der Waals surface area contributed by atoms with Crippen LogP contribution in [0.4, 0.5) is 4.79 Å². The van der Waals surface area contributed by atoms with E-state index in [0.717, 1.165) is 62.6 Å². The van der Waals surface area contributed by atoms with Crippen molar-refractivity contribution in [2.24, 2.45) is 29.3 Å². The number of nitrogens with one attached hydrogen (secondary N) is 2. The summed E-state index contributed by atoms with van der Waals surface area (Å²) in [4.78, 5) is 70.2. The van der Waals surface area contributed by atoms with Gasteiger partial charge in [-0.1, -0.05) is 33.8 Å².